The van der Waals surface area contributed by atoms with Crippen molar-refractivity contribution in [1.82, 2.24) is 10.2 Å². The molecule has 0 fully saturated rings. The SMILES string of the molecule is CC(Cc1ccccc1)Oc1cccc2[nH]ncc12. The first-order valence-corrected chi connectivity index (χ1v) is 6.45. The van der Waals surface area contributed by atoms with Gasteiger partial charge in [0.05, 0.1) is 23.2 Å². The Balaban J connectivity index is 1.76. The summed E-state index contributed by atoms with van der Waals surface area (Å²) in [6.07, 6.45) is 2.83. The molecule has 3 rings (SSSR count). The first-order chi connectivity index (χ1) is 9.33. The molecular weight excluding hydrogens is 236 g/mol. The lowest BCUT2D eigenvalue weighted by Crippen LogP contribution is -2.15. The molecule has 0 saturated heterocycles. The van der Waals surface area contributed by atoms with E-state index in [9.17, 15) is 0 Å². The number of hydrogen-bond acceptors (Lipinski definition) is 2. The molecule has 0 aliphatic carbocycles. The number of benzene rings is 2. The molecule has 1 N–H and O–H groups in total. The quantitative estimate of drug-likeness (QED) is 0.770. The molecule has 0 spiro atoms. The van der Waals surface area contributed by atoms with Gasteiger partial charge >= 0.3 is 0 Å². The van der Waals surface area contributed by atoms with Crippen molar-refractivity contribution in [3.63, 3.8) is 0 Å². The Morgan fingerprint density at radius 1 is 1.11 bits per heavy atom. The van der Waals surface area contributed by atoms with Crippen LogP contribution in [0.15, 0.2) is 54.7 Å². The van der Waals surface area contributed by atoms with Gasteiger partial charge in [-0.2, -0.15) is 5.10 Å². The molecule has 1 heterocycles. The highest BCUT2D eigenvalue weighted by Gasteiger charge is 2.09. The van der Waals surface area contributed by atoms with Crippen LogP contribution in [0.25, 0.3) is 10.9 Å². The highest BCUT2D eigenvalue weighted by atomic mass is 16.5. The summed E-state index contributed by atoms with van der Waals surface area (Å²) in [6.45, 7) is 2.09. The summed E-state index contributed by atoms with van der Waals surface area (Å²) in [6, 6.07) is 16.3. The van der Waals surface area contributed by atoms with Gasteiger partial charge in [0.15, 0.2) is 0 Å². The lowest BCUT2D eigenvalue weighted by molar-refractivity contribution is 0.225. The molecule has 3 nitrogen and oxygen atoms in total. The molecule has 19 heavy (non-hydrogen) atoms. The van der Waals surface area contributed by atoms with Gasteiger partial charge in [-0.25, -0.2) is 0 Å². The first-order valence-electron chi connectivity index (χ1n) is 6.45. The van der Waals surface area contributed by atoms with Crippen LogP contribution >= 0.6 is 0 Å². The normalized spacial score (nSPS) is 12.5. The maximum absolute atomic E-state index is 6.03. The summed E-state index contributed by atoms with van der Waals surface area (Å²) >= 11 is 0. The lowest BCUT2D eigenvalue weighted by atomic mass is 10.1. The number of H-pyrrole nitrogens is 1. The van der Waals surface area contributed by atoms with Gasteiger partial charge in [0.1, 0.15) is 5.75 Å². The van der Waals surface area contributed by atoms with Crippen molar-refractivity contribution < 1.29 is 4.74 Å². The zero-order valence-corrected chi connectivity index (χ0v) is 10.8. The molecule has 0 amide bonds. The van der Waals surface area contributed by atoms with E-state index in [0.29, 0.717) is 0 Å². The van der Waals surface area contributed by atoms with Crippen molar-refractivity contribution in [3.8, 4) is 5.75 Å². The smallest absolute Gasteiger partial charge is 0.130 e. The standard InChI is InChI=1S/C16H16N2O/c1-12(10-13-6-3-2-4-7-13)19-16-9-5-8-15-14(16)11-17-18-15/h2-9,11-12H,10H2,1H3,(H,17,18). The van der Waals surface area contributed by atoms with Gasteiger partial charge in [0.2, 0.25) is 0 Å². The van der Waals surface area contributed by atoms with Gasteiger partial charge in [0, 0.05) is 6.42 Å². The molecule has 2 aromatic carbocycles. The molecule has 0 bridgehead atoms. The fraction of sp³-hybridized carbons (Fsp3) is 0.188. The Labute approximate surface area is 112 Å². The molecule has 3 aromatic rings. The Morgan fingerprint density at radius 2 is 1.95 bits per heavy atom. The van der Waals surface area contributed by atoms with Crippen molar-refractivity contribution in [1.29, 1.82) is 0 Å². The lowest BCUT2D eigenvalue weighted by Gasteiger charge is -2.15. The van der Waals surface area contributed by atoms with Crippen LogP contribution in [0.4, 0.5) is 0 Å². The predicted octanol–water partition coefficient (Wildman–Crippen LogP) is 3.57. The molecule has 1 atom stereocenters. The van der Waals surface area contributed by atoms with Crippen molar-refractivity contribution in [2.75, 3.05) is 0 Å². The van der Waals surface area contributed by atoms with Gasteiger partial charge < -0.3 is 4.74 Å². The van der Waals surface area contributed by atoms with Crippen LogP contribution in [0.2, 0.25) is 0 Å². The third-order valence-electron chi connectivity index (χ3n) is 3.14. The van der Waals surface area contributed by atoms with Crippen molar-refractivity contribution in [3.05, 3.63) is 60.3 Å². The topological polar surface area (TPSA) is 37.9 Å². The molecule has 3 heteroatoms. The van der Waals surface area contributed by atoms with E-state index in [-0.39, 0.29) is 6.10 Å². The van der Waals surface area contributed by atoms with E-state index < -0.39 is 0 Å². The number of aromatic amines is 1. The van der Waals surface area contributed by atoms with Crippen molar-refractivity contribution in [2.45, 2.75) is 19.4 Å². The second-order valence-electron chi connectivity index (χ2n) is 4.71. The molecule has 0 aliphatic rings. The number of ether oxygens (including phenoxy) is 1. The third-order valence-corrected chi connectivity index (χ3v) is 3.14. The predicted molar refractivity (Wildman–Crippen MR) is 76.3 cm³/mol. The fourth-order valence-electron chi connectivity index (χ4n) is 2.25. The fourth-order valence-corrected chi connectivity index (χ4v) is 2.25. The van der Waals surface area contributed by atoms with Crippen LogP contribution in [0, 0.1) is 0 Å². The average molecular weight is 252 g/mol. The van der Waals surface area contributed by atoms with Crippen LogP contribution in [0.1, 0.15) is 12.5 Å². The molecule has 0 saturated carbocycles. The third kappa shape index (κ3) is 2.60. The number of nitrogens with zero attached hydrogens (tertiary/aromatic N) is 1. The zero-order valence-electron chi connectivity index (χ0n) is 10.8. The molecule has 1 unspecified atom stereocenters. The molecule has 1 aromatic heterocycles. The molecule has 0 aliphatic heterocycles. The maximum Gasteiger partial charge on any atom is 0.130 e. The summed E-state index contributed by atoms with van der Waals surface area (Å²) in [7, 11) is 0. The molecule has 96 valence electrons. The maximum atomic E-state index is 6.03. The van der Waals surface area contributed by atoms with E-state index in [0.717, 1.165) is 23.1 Å². The van der Waals surface area contributed by atoms with Gasteiger partial charge in [-0.1, -0.05) is 36.4 Å². The summed E-state index contributed by atoms with van der Waals surface area (Å²) in [5, 5.41) is 8.03. The van der Waals surface area contributed by atoms with E-state index >= 15 is 0 Å². The first kappa shape index (κ1) is 11.8. The van der Waals surface area contributed by atoms with Crippen molar-refractivity contribution >= 4 is 10.9 Å². The second-order valence-corrected chi connectivity index (χ2v) is 4.71. The number of nitrogens with one attached hydrogen (secondary N) is 1. The highest BCUT2D eigenvalue weighted by Crippen LogP contribution is 2.25. The second kappa shape index (κ2) is 5.14. The van der Waals surface area contributed by atoms with Crippen LogP contribution in [0.3, 0.4) is 0 Å². The minimum atomic E-state index is 0.128. The Hall–Kier alpha value is -2.29. The van der Waals surface area contributed by atoms with Gasteiger partial charge in [-0.15, -0.1) is 0 Å². The Bertz CT molecular complexity index is 661. The summed E-state index contributed by atoms with van der Waals surface area (Å²) in [5.41, 5.74) is 2.29. The highest BCUT2D eigenvalue weighted by molar-refractivity contribution is 5.84. The van der Waals surface area contributed by atoms with Crippen LogP contribution < -0.4 is 4.74 Å². The van der Waals surface area contributed by atoms with Crippen LogP contribution in [0.5, 0.6) is 5.75 Å². The van der Waals surface area contributed by atoms with E-state index in [2.05, 4.69) is 41.4 Å². The number of aromatic nitrogens is 2. The van der Waals surface area contributed by atoms with E-state index in [1.807, 2.05) is 24.3 Å². The summed E-state index contributed by atoms with van der Waals surface area (Å²) in [4.78, 5) is 0. The van der Waals surface area contributed by atoms with Gasteiger partial charge in [-0.3, -0.25) is 5.10 Å². The Morgan fingerprint density at radius 3 is 2.79 bits per heavy atom. The minimum absolute atomic E-state index is 0.128. The molecular formula is C16H16N2O. The Kier molecular flexibility index (Phi) is 3.19. The van der Waals surface area contributed by atoms with Crippen LogP contribution in [-0.4, -0.2) is 16.3 Å². The largest absolute Gasteiger partial charge is 0.490 e. The summed E-state index contributed by atoms with van der Waals surface area (Å²) in [5.74, 6) is 0.884. The molecule has 0 radical (unpaired) electrons. The zero-order chi connectivity index (χ0) is 13.1. The summed E-state index contributed by atoms with van der Waals surface area (Å²) < 4.78 is 6.03. The van der Waals surface area contributed by atoms with Gasteiger partial charge in [-0.05, 0) is 24.6 Å². The van der Waals surface area contributed by atoms with E-state index in [1.165, 1.54) is 5.56 Å². The van der Waals surface area contributed by atoms with E-state index in [1.54, 1.807) is 6.20 Å². The van der Waals surface area contributed by atoms with Crippen molar-refractivity contribution in [2.24, 2.45) is 0 Å². The van der Waals surface area contributed by atoms with Crippen LogP contribution in [-0.2, 0) is 6.42 Å². The monoisotopic (exact) mass is 252 g/mol. The number of fused-ring (bicyclic) bond motifs is 1. The van der Waals surface area contributed by atoms with Gasteiger partial charge in [0.25, 0.3) is 0 Å². The van der Waals surface area contributed by atoms with E-state index in [4.69, 9.17) is 4.74 Å². The average Bonchev–Trinajstić information content (AvgIpc) is 2.89. The minimum Gasteiger partial charge on any atom is -0.490 e. The number of hydrogen-bond donors (Lipinski definition) is 1. The number of rotatable bonds is 4.